The molecule has 2 fully saturated rings. The fraction of sp³-hybridized carbons (Fsp3) is 0.552. The van der Waals surface area contributed by atoms with E-state index in [0.717, 1.165) is 36.9 Å². The molecule has 6 N–H and O–H groups in total. The first-order chi connectivity index (χ1) is 18.8. The molecule has 8 nitrogen and oxygen atoms in total. The van der Waals surface area contributed by atoms with Crippen LogP contribution in [0.3, 0.4) is 0 Å². The van der Waals surface area contributed by atoms with Crippen molar-refractivity contribution in [2.45, 2.75) is 76.5 Å². The maximum absolute atomic E-state index is 13.7. The van der Waals surface area contributed by atoms with Gasteiger partial charge < -0.3 is 21.1 Å². The van der Waals surface area contributed by atoms with E-state index in [0.29, 0.717) is 54.1 Å². The Hall–Kier alpha value is -1.72. The maximum atomic E-state index is 13.7. The molecule has 1 aliphatic carbocycles. The van der Waals surface area contributed by atoms with Crippen LogP contribution >= 0.6 is 34.8 Å². The molecule has 40 heavy (non-hydrogen) atoms. The van der Waals surface area contributed by atoms with Crippen molar-refractivity contribution in [3.05, 3.63) is 58.6 Å². The summed E-state index contributed by atoms with van der Waals surface area (Å²) in [6.07, 6.45) is 7.02. The zero-order chi connectivity index (χ0) is 27.8. The summed E-state index contributed by atoms with van der Waals surface area (Å²) in [6, 6.07) is 12.6. The standard InChI is InChI=1S/C29H43ClN4O4S.ClH/c1-2-31-24-16-22(17-25(19-24)34-14-8-9-15-39(34,37)38)29(36)33-27(18-21-10-6-7-13-26(21)30)28(35)20-32-23-11-4-3-5-12-23;/h6-7,10,13,16-17,19,23,27-28,31-32,35,37-38H,2-5,8-9,11-12,14-15,18,20H2,1H3,(H,33,36);1H/t27-,28+;/m0./s1. The number of carbonyl (C=O) groups excluding carboxylic acids is 1. The van der Waals surface area contributed by atoms with Gasteiger partial charge in [-0.05, 0) is 68.9 Å². The molecule has 1 aliphatic heterocycles. The van der Waals surface area contributed by atoms with E-state index in [4.69, 9.17) is 11.6 Å². The molecule has 2 aromatic rings. The topological polar surface area (TPSA) is 117 Å². The van der Waals surface area contributed by atoms with E-state index in [-0.39, 0.29) is 18.3 Å². The van der Waals surface area contributed by atoms with Crippen LogP contribution in [0.15, 0.2) is 42.5 Å². The lowest BCUT2D eigenvalue weighted by Gasteiger charge is -2.47. The SMILES string of the molecule is CCNc1cc(C(=O)N[C@@H](Cc2ccccc2Cl)[C@H](O)CNC2CCCCC2)cc(N2CCCCS2(O)O)c1.Cl. The number of benzene rings is 2. The van der Waals surface area contributed by atoms with E-state index in [1.165, 1.54) is 19.3 Å². The molecule has 1 heterocycles. The molecule has 2 atom stereocenters. The Bertz CT molecular complexity index is 1100. The number of rotatable bonds is 11. The molecule has 1 saturated carbocycles. The van der Waals surface area contributed by atoms with Crippen molar-refractivity contribution in [2.75, 3.05) is 35.0 Å². The Kier molecular flexibility index (Phi) is 12.7. The Morgan fingerprint density at radius 3 is 2.55 bits per heavy atom. The highest BCUT2D eigenvalue weighted by Gasteiger charge is 2.29. The number of aliphatic hydroxyl groups is 1. The zero-order valence-electron chi connectivity index (χ0n) is 23.2. The highest BCUT2D eigenvalue weighted by molar-refractivity contribution is 8.25. The lowest BCUT2D eigenvalue weighted by molar-refractivity contribution is 0.0821. The molecule has 2 aliphatic rings. The molecule has 0 bridgehead atoms. The van der Waals surface area contributed by atoms with Gasteiger partial charge >= 0.3 is 0 Å². The summed E-state index contributed by atoms with van der Waals surface area (Å²) in [5.41, 5.74) is 2.56. The van der Waals surface area contributed by atoms with Crippen molar-refractivity contribution in [3.63, 3.8) is 0 Å². The molecular weight excluding hydrogens is 571 g/mol. The number of halogens is 2. The van der Waals surface area contributed by atoms with E-state index in [9.17, 15) is 19.0 Å². The van der Waals surface area contributed by atoms with Gasteiger partial charge in [-0.15, -0.1) is 23.2 Å². The predicted octanol–water partition coefficient (Wildman–Crippen LogP) is 6.08. The minimum absolute atomic E-state index is 0. The molecule has 0 aromatic heterocycles. The Morgan fingerprint density at radius 1 is 1.10 bits per heavy atom. The number of amides is 1. The molecule has 1 amide bonds. The van der Waals surface area contributed by atoms with Crippen LogP contribution < -0.4 is 20.3 Å². The van der Waals surface area contributed by atoms with Gasteiger partial charge in [-0.3, -0.25) is 18.2 Å². The largest absolute Gasteiger partial charge is 0.390 e. The van der Waals surface area contributed by atoms with E-state index in [1.54, 1.807) is 16.4 Å². The van der Waals surface area contributed by atoms with Crippen LogP contribution in [-0.4, -0.2) is 63.7 Å². The van der Waals surface area contributed by atoms with Crippen molar-refractivity contribution >= 4 is 52.1 Å². The second kappa shape index (κ2) is 15.5. The second-order valence-corrected chi connectivity index (χ2v) is 13.2. The van der Waals surface area contributed by atoms with Gasteiger partial charge in [-0.2, -0.15) is 0 Å². The fourth-order valence-electron chi connectivity index (χ4n) is 5.47. The number of carbonyl (C=O) groups is 1. The highest BCUT2D eigenvalue weighted by atomic mass is 35.5. The van der Waals surface area contributed by atoms with Crippen molar-refractivity contribution < 1.29 is 19.0 Å². The van der Waals surface area contributed by atoms with Crippen LogP contribution in [0.2, 0.25) is 5.02 Å². The van der Waals surface area contributed by atoms with Crippen LogP contribution in [0.25, 0.3) is 0 Å². The summed E-state index contributed by atoms with van der Waals surface area (Å²) in [6.45, 7) is 3.51. The van der Waals surface area contributed by atoms with Crippen molar-refractivity contribution in [2.24, 2.45) is 0 Å². The Balaban J connectivity index is 0.00000441. The van der Waals surface area contributed by atoms with Crippen LogP contribution in [0.1, 0.15) is 67.8 Å². The number of nitrogens with one attached hydrogen (secondary N) is 3. The minimum Gasteiger partial charge on any atom is -0.390 e. The van der Waals surface area contributed by atoms with Gasteiger partial charge in [0, 0.05) is 41.9 Å². The van der Waals surface area contributed by atoms with Crippen LogP contribution in [0.5, 0.6) is 0 Å². The minimum atomic E-state index is -2.94. The third-order valence-corrected chi connectivity index (χ3v) is 9.94. The van der Waals surface area contributed by atoms with E-state index in [2.05, 4.69) is 16.0 Å². The van der Waals surface area contributed by atoms with Crippen molar-refractivity contribution in [1.82, 2.24) is 10.6 Å². The fourth-order valence-corrected chi connectivity index (χ4v) is 7.36. The summed E-state index contributed by atoms with van der Waals surface area (Å²) in [4.78, 5) is 13.7. The van der Waals surface area contributed by atoms with E-state index < -0.39 is 22.9 Å². The summed E-state index contributed by atoms with van der Waals surface area (Å²) >= 11 is 6.45. The number of nitrogens with zero attached hydrogens (tertiary/aromatic N) is 1. The van der Waals surface area contributed by atoms with Crippen molar-refractivity contribution in [1.29, 1.82) is 0 Å². The lowest BCUT2D eigenvalue weighted by Crippen LogP contribution is -2.50. The highest BCUT2D eigenvalue weighted by Crippen LogP contribution is 2.50. The second-order valence-electron chi connectivity index (χ2n) is 10.6. The predicted molar refractivity (Wildman–Crippen MR) is 169 cm³/mol. The van der Waals surface area contributed by atoms with Crippen LogP contribution in [0.4, 0.5) is 11.4 Å². The van der Waals surface area contributed by atoms with Gasteiger partial charge in [-0.1, -0.05) is 49.1 Å². The third-order valence-electron chi connectivity index (χ3n) is 7.63. The Labute approximate surface area is 251 Å². The molecule has 1 saturated heterocycles. The summed E-state index contributed by atoms with van der Waals surface area (Å²) < 4.78 is 23.0. The first kappa shape index (κ1) is 32.8. The average Bonchev–Trinajstić information content (AvgIpc) is 2.92. The molecule has 4 rings (SSSR count). The number of aliphatic hydroxyl groups excluding tert-OH is 1. The Morgan fingerprint density at radius 2 is 1.85 bits per heavy atom. The molecular formula is C29H44Cl2N4O4S. The van der Waals surface area contributed by atoms with Gasteiger partial charge in [0.25, 0.3) is 5.91 Å². The van der Waals surface area contributed by atoms with Gasteiger partial charge in [0.1, 0.15) is 0 Å². The summed E-state index contributed by atoms with van der Waals surface area (Å²) in [5, 5.41) is 21.7. The number of hydrogen-bond donors (Lipinski definition) is 6. The van der Waals surface area contributed by atoms with Gasteiger partial charge in [0.2, 0.25) is 0 Å². The summed E-state index contributed by atoms with van der Waals surface area (Å²) in [5.74, 6) is -0.0154. The first-order valence-electron chi connectivity index (χ1n) is 14.1. The molecule has 0 radical (unpaired) electrons. The quantitative estimate of drug-likeness (QED) is 0.181. The van der Waals surface area contributed by atoms with E-state index >= 15 is 0 Å². The normalized spacial score (nSPS) is 19.7. The molecule has 2 aromatic carbocycles. The monoisotopic (exact) mass is 614 g/mol. The maximum Gasteiger partial charge on any atom is 0.251 e. The van der Waals surface area contributed by atoms with Crippen LogP contribution in [0, 0.1) is 0 Å². The third kappa shape index (κ3) is 8.89. The van der Waals surface area contributed by atoms with Gasteiger partial charge in [0.05, 0.1) is 23.6 Å². The number of hydrogen-bond acceptors (Lipinski definition) is 7. The first-order valence-corrected chi connectivity index (χ1v) is 16.2. The average molecular weight is 616 g/mol. The molecule has 0 spiro atoms. The molecule has 224 valence electrons. The van der Waals surface area contributed by atoms with Crippen LogP contribution in [-0.2, 0) is 6.42 Å². The molecule has 0 unspecified atom stereocenters. The van der Waals surface area contributed by atoms with Gasteiger partial charge in [0.15, 0.2) is 0 Å². The van der Waals surface area contributed by atoms with Gasteiger partial charge in [-0.25, -0.2) is 0 Å². The van der Waals surface area contributed by atoms with E-state index in [1.807, 2.05) is 37.3 Å². The van der Waals surface area contributed by atoms with Crippen molar-refractivity contribution in [3.8, 4) is 0 Å². The molecule has 11 heteroatoms. The zero-order valence-corrected chi connectivity index (χ0v) is 25.5. The lowest BCUT2D eigenvalue weighted by atomic mass is 9.94. The summed E-state index contributed by atoms with van der Waals surface area (Å²) in [7, 11) is -2.94. The number of anilines is 2. The smallest absolute Gasteiger partial charge is 0.251 e.